The Hall–Kier alpha value is -1.82. The van der Waals surface area contributed by atoms with Crippen LogP contribution in [0.15, 0.2) is 22.8 Å². The van der Waals surface area contributed by atoms with Gasteiger partial charge in [-0.2, -0.15) is 0 Å². The average molecular weight is 388 g/mol. The highest BCUT2D eigenvalue weighted by Crippen LogP contribution is 2.60. The van der Waals surface area contributed by atoms with Gasteiger partial charge in [-0.15, -0.1) is 0 Å². The number of carbonyl (C=O) groups excluding carboxylic acids is 2. The van der Waals surface area contributed by atoms with E-state index in [1.54, 1.807) is 6.26 Å². The van der Waals surface area contributed by atoms with Gasteiger partial charge in [-0.1, -0.05) is 0 Å². The molecule has 28 heavy (non-hydrogen) atoms. The van der Waals surface area contributed by atoms with E-state index in [1.165, 1.54) is 19.3 Å². The topological polar surface area (TPSA) is 74.6 Å². The van der Waals surface area contributed by atoms with Crippen molar-refractivity contribution in [2.75, 3.05) is 27.2 Å². The fourth-order valence-electron chi connectivity index (χ4n) is 6.18. The number of hydrogen-bond donors (Lipinski definition) is 2. The summed E-state index contributed by atoms with van der Waals surface area (Å²) in [5, 5.41) is 6.05. The highest BCUT2D eigenvalue weighted by Gasteiger charge is 2.54. The monoisotopic (exact) mass is 387 g/mol. The van der Waals surface area contributed by atoms with Crippen LogP contribution in [0.1, 0.15) is 56.7 Å². The summed E-state index contributed by atoms with van der Waals surface area (Å²) in [5.41, 5.74) is -0.138. The molecule has 0 radical (unpaired) electrons. The average Bonchev–Trinajstić information content (AvgIpc) is 3.14. The van der Waals surface area contributed by atoms with Crippen LogP contribution in [0.4, 0.5) is 0 Å². The molecule has 154 valence electrons. The molecule has 1 aromatic heterocycles. The minimum atomic E-state index is -0.138. The fourth-order valence-corrected chi connectivity index (χ4v) is 6.18. The van der Waals surface area contributed by atoms with E-state index < -0.39 is 0 Å². The van der Waals surface area contributed by atoms with Gasteiger partial charge in [0.05, 0.1) is 12.3 Å². The number of nitrogens with one attached hydrogen (secondary N) is 2. The second-order valence-corrected chi connectivity index (χ2v) is 9.50. The number of likely N-dealkylation sites (N-methyl/N-ethyl adjacent to an activating group) is 1. The zero-order chi connectivity index (χ0) is 19.7. The van der Waals surface area contributed by atoms with Crippen LogP contribution in [-0.4, -0.2) is 43.9 Å². The zero-order valence-electron chi connectivity index (χ0n) is 17.1. The summed E-state index contributed by atoms with van der Waals surface area (Å²) in [6.45, 7) is 0.905. The van der Waals surface area contributed by atoms with Gasteiger partial charge in [-0.3, -0.25) is 14.5 Å². The summed E-state index contributed by atoms with van der Waals surface area (Å²) in [7, 11) is 3.93. The largest absolute Gasteiger partial charge is 0.468 e. The molecular formula is C22H33N3O3. The first-order chi connectivity index (χ1) is 13.4. The van der Waals surface area contributed by atoms with Crippen LogP contribution >= 0.6 is 0 Å². The molecule has 4 bridgehead atoms. The van der Waals surface area contributed by atoms with Crippen LogP contribution in [-0.2, 0) is 9.59 Å². The molecular weight excluding hydrogens is 354 g/mol. The third-order valence-electron chi connectivity index (χ3n) is 7.15. The first kappa shape index (κ1) is 19.5. The first-order valence-electron chi connectivity index (χ1n) is 10.7. The van der Waals surface area contributed by atoms with Gasteiger partial charge in [0.1, 0.15) is 5.76 Å². The van der Waals surface area contributed by atoms with Crippen molar-refractivity contribution < 1.29 is 14.0 Å². The fraction of sp³-hybridized carbons (Fsp3) is 0.727. The van der Waals surface area contributed by atoms with E-state index in [0.29, 0.717) is 19.5 Å². The highest BCUT2D eigenvalue weighted by atomic mass is 16.3. The van der Waals surface area contributed by atoms with Crippen molar-refractivity contribution in [2.24, 2.45) is 23.2 Å². The van der Waals surface area contributed by atoms with Gasteiger partial charge in [0.25, 0.3) is 0 Å². The Kier molecular flexibility index (Phi) is 5.50. The Bertz CT molecular complexity index is 663. The molecule has 6 heteroatoms. The van der Waals surface area contributed by atoms with Crippen molar-refractivity contribution in [1.29, 1.82) is 0 Å². The van der Waals surface area contributed by atoms with Crippen LogP contribution in [0.2, 0.25) is 0 Å². The molecule has 2 amide bonds. The molecule has 2 N–H and O–H groups in total. The molecule has 0 spiro atoms. The number of nitrogens with zero attached hydrogens (tertiary/aromatic N) is 1. The summed E-state index contributed by atoms with van der Waals surface area (Å²) in [6.07, 6.45) is 9.14. The molecule has 4 fully saturated rings. The zero-order valence-corrected chi connectivity index (χ0v) is 17.1. The summed E-state index contributed by atoms with van der Waals surface area (Å²) in [5.74, 6) is 3.25. The maximum absolute atomic E-state index is 12.9. The van der Waals surface area contributed by atoms with Crippen molar-refractivity contribution in [2.45, 2.75) is 51.0 Å². The summed E-state index contributed by atoms with van der Waals surface area (Å²) < 4.78 is 5.47. The quantitative estimate of drug-likeness (QED) is 0.719. The predicted molar refractivity (Wildman–Crippen MR) is 106 cm³/mol. The second kappa shape index (κ2) is 7.90. The van der Waals surface area contributed by atoms with E-state index in [4.69, 9.17) is 4.42 Å². The van der Waals surface area contributed by atoms with Crippen molar-refractivity contribution >= 4 is 11.8 Å². The molecule has 4 saturated carbocycles. The number of rotatable bonds is 8. The van der Waals surface area contributed by atoms with Crippen molar-refractivity contribution in [1.82, 2.24) is 15.5 Å². The molecule has 0 aromatic carbocycles. The van der Waals surface area contributed by atoms with Gasteiger partial charge in [0.15, 0.2) is 0 Å². The van der Waals surface area contributed by atoms with E-state index in [1.807, 2.05) is 31.1 Å². The second-order valence-electron chi connectivity index (χ2n) is 9.50. The van der Waals surface area contributed by atoms with Gasteiger partial charge in [-0.25, -0.2) is 0 Å². The van der Waals surface area contributed by atoms with E-state index in [-0.39, 0.29) is 23.3 Å². The Morgan fingerprint density at radius 1 is 1.14 bits per heavy atom. The molecule has 4 aliphatic rings. The van der Waals surface area contributed by atoms with Crippen LogP contribution in [0.5, 0.6) is 0 Å². The minimum Gasteiger partial charge on any atom is -0.468 e. The van der Waals surface area contributed by atoms with Crippen LogP contribution in [0, 0.1) is 23.2 Å². The number of amides is 2. The maximum atomic E-state index is 12.9. The molecule has 1 unspecified atom stereocenters. The maximum Gasteiger partial charge on any atom is 0.226 e. The number of carbonyl (C=O) groups is 2. The lowest BCUT2D eigenvalue weighted by atomic mass is 9.49. The Labute approximate surface area is 167 Å². The van der Waals surface area contributed by atoms with E-state index in [2.05, 4.69) is 10.6 Å². The predicted octanol–water partition coefficient (Wildman–Crippen LogP) is 2.72. The van der Waals surface area contributed by atoms with Crippen molar-refractivity contribution in [3.63, 3.8) is 0 Å². The van der Waals surface area contributed by atoms with Crippen molar-refractivity contribution in [3.05, 3.63) is 24.2 Å². The van der Waals surface area contributed by atoms with E-state index in [9.17, 15) is 9.59 Å². The molecule has 5 rings (SSSR count). The van der Waals surface area contributed by atoms with Gasteiger partial charge in [-0.05, 0) is 82.5 Å². The molecule has 1 aromatic rings. The van der Waals surface area contributed by atoms with E-state index >= 15 is 0 Å². The molecule has 1 heterocycles. The SMILES string of the molecule is CN(C)C(CNC(=O)CCNC(=O)C12CC3CC(CC(C3)C1)C2)c1ccco1. The van der Waals surface area contributed by atoms with Gasteiger partial charge < -0.3 is 15.1 Å². The number of hydrogen-bond acceptors (Lipinski definition) is 4. The third-order valence-corrected chi connectivity index (χ3v) is 7.15. The van der Waals surface area contributed by atoms with Crippen LogP contribution < -0.4 is 10.6 Å². The van der Waals surface area contributed by atoms with Crippen LogP contribution in [0.3, 0.4) is 0 Å². The highest BCUT2D eigenvalue weighted by molar-refractivity contribution is 5.84. The summed E-state index contributed by atoms with van der Waals surface area (Å²) in [4.78, 5) is 27.2. The lowest BCUT2D eigenvalue weighted by molar-refractivity contribution is -0.146. The normalized spacial score (nSPS) is 31.8. The Balaban J connectivity index is 1.22. The minimum absolute atomic E-state index is 0.000524. The van der Waals surface area contributed by atoms with Crippen molar-refractivity contribution in [3.8, 4) is 0 Å². The number of furan rings is 1. The molecule has 4 aliphatic carbocycles. The Morgan fingerprint density at radius 2 is 1.79 bits per heavy atom. The standard InChI is InChI=1S/C22H33N3O3/c1-25(2)18(19-4-3-7-28-19)14-24-20(26)5-6-23-21(27)22-11-15-8-16(12-22)10-17(9-15)13-22/h3-4,7,15-18H,5-6,8-14H2,1-2H3,(H,23,27)(H,24,26). The van der Waals surface area contributed by atoms with E-state index in [0.717, 1.165) is 42.8 Å². The molecule has 1 atom stereocenters. The smallest absolute Gasteiger partial charge is 0.226 e. The molecule has 6 nitrogen and oxygen atoms in total. The van der Waals surface area contributed by atoms with Crippen LogP contribution in [0.25, 0.3) is 0 Å². The van der Waals surface area contributed by atoms with Gasteiger partial charge in [0, 0.05) is 24.9 Å². The van der Waals surface area contributed by atoms with Gasteiger partial charge in [0.2, 0.25) is 11.8 Å². The molecule has 0 saturated heterocycles. The summed E-state index contributed by atoms with van der Waals surface area (Å²) in [6, 6.07) is 3.77. The van der Waals surface area contributed by atoms with Gasteiger partial charge >= 0.3 is 0 Å². The third kappa shape index (κ3) is 3.97. The first-order valence-corrected chi connectivity index (χ1v) is 10.7. The Morgan fingerprint density at radius 3 is 2.32 bits per heavy atom. The lowest BCUT2D eigenvalue weighted by Gasteiger charge is -2.55. The lowest BCUT2D eigenvalue weighted by Crippen LogP contribution is -2.53. The summed E-state index contributed by atoms with van der Waals surface area (Å²) >= 11 is 0. The molecule has 0 aliphatic heterocycles.